The minimum atomic E-state index is 0.181. The van der Waals surface area contributed by atoms with E-state index in [1.54, 1.807) is 0 Å². The van der Waals surface area contributed by atoms with Crippen LogP contribution in [0.4, 0.5) is 0 Å². The molecule has 0 aromatic heterocycles. The van der Waals surface area contributed by atoms with Gasteiger partial charge in [0.25, 0.3) is 0 Å². The minimum absolute atomic E-state index is 0.181. The first kappa shape index (κ1) is 2.80. The van der Waals surface area contributed by atoms with Crippen molar-refractivity contribution in [2.75, 3.05) is 0 Å². The Morgan fingerprint density at radius 2 is 2.33 bits per heavy atom. The van der Waals surface area contributed by atoms with Crippen LogP contribution in [0.25, 0.3) is 0 Å². The van der Waals surface area contributed by atoms with E-state index in [0.29, 0.717) is 6.10 Å². The van der Waals surface area contributed by atoms with Crippen molar-refractivity contribution in [1.82, 2.24) is 0 Å². The number of hydrogen-bond acceptors (Lipinski definition) is 1. The Morgan fingerprint density at radius 3 is 2.33 bits per heavy atom. The third-order valence-corrected chi connectivity index (χ3v) is 1.68. The maximum absolute atomic E-state index is 5.01. The highest BCUT2D eigenvalue weighted by Crippen LogP contribution is 2.63. The first-order chi connectivity index (χ1) is 2.75. The van der Waals surface area contributed by atoms with Gasteiger partial charge in [0.2, 0.25) is 0 Å². The second kappa shape index (κ2) is 0.399. The summed E-state index contributed by atoms with van der Waals surface area (Å²) in [7, 11) is 0. The van der Waals surface area contributed by atoms with Gasteiger partial charge in [0.05, 0.1) is 0 Å². The smallest absolute Gasteiger partial charge is 0.120 e. The highest BCUT2D eigenvalue weighted by atomic mass is 16.6. The summed E-state index contributed by atoms with van der Waals surface area (Å²) in [5.74, 6) is 0. The third-order valence-electron chi connectivity index (χ3n) is 1.68. The van der Waals surface area contributed by atoms with Crippen LogP contribution in [0, 0.1) is 0 Å². The molecule has 1 saturated heterocycles. The molecule has 0 radical (unpaired) electrons. The molecule has 0 aromatic carbocycles. The number of epoxide rings is 1. The molecular formula is C5H6O. The molecule has 2 rings (SSSR count). The van der Waals surface area contributed by atoms with Crippen molar-refractivity contribution in [3.8, 4) is 0 Å². The topological polar surface area (TPSA) is 12.5 Å². The van der Waals surface area contributed by atoms with Crippen molar-refractivity contribution in [3.05, 3.63) is 12.2 Å². The van der Waals surface area contributed by atoms with Crippen LogP contribution < -0.4 is 0 Å². The second-order valence-corrected chi connectivity index (χ2v) is 2.13. The maximum Gasteiger partial charge on any atom is 0.120 e. The van der Waals surface area contributed by atoms with Crippen LogP contribution in [0.3, 0.4) is 0 Å². The van der Waals surface area contributed by atoms with E-state index in [-0.39, 0.29) is 5.60 Å². The largest absolute Gasteiger partial charge is 0.357 e. The van der Waals surface area contributed by atoms with E-state index < -0.39 is 0 Å². The van der Waals surface area contributed by atoms with E-state index >= 15 is 0 Å². The molecule has 32 valence electrons. The first-order valence-electron chi connectivity index (χ1n) is 2.12. The van der Waals surface area contributed by atoms with Gasteiger partial charge in [0.1, 0.15) is 11.7 Å². The molecule has 1 aliphatic carbocycles. The average Bonchev–Trinajstić information content (AvgIpc) is 2.24. The molecule has 0 N–H and O–H groups in total. The predicted octanol–water partition coefficient (Wildman–Crippen LogP) is 0.714. The monoisotopic (exact) mass is 82.0 g/mol. The van der Waals surface area contributed by atoms with Crippen molar-refractivity contribution in [2.45, 2.75) is 18.6 Å². The van der Waals surface area contributed by atoms with Crippen LogP contribution >= 0.6 is 0 Å². The first-order valence-corrected chi connectivity index (χ1v) is 2.12. The highest BCUT2D eigenvalue weighted by molar-refractivity contribution is 5.51. The van der Waals surface area contributed by atoms with Gasteiger partial charge >= 0.3 is 0 Å². The van der Waals surface area contributed by atoms with Crippen molar-refractivity contribution in [1.29, 1.82) is 0 Å². The Kier molecular flexibility index (Phi) is 0.186. The normalized spacial score (nSPS) is 60.8. The SMILES string of the molecule is C=C1C2OC12C. The molecular weight excluding hydrogens is 76.1 g/mol. The molecule has 2 fully saturated rings. The van der Waals surface area contributed by atoms with Crippen LogP contribution in [0.1, 0.15) is 6.92 Å². The van der Waals surface area contributed by atoms with Gasteiger partial charge in [-0.3, -0.25) is 0 Å². The quantitative estimate of drug-likeness (QED) is 0.310. The van der Waals surface area contributed by atoms with E-state index in [4.69, 9.17) is 4.74 Å². The van der Waals surface area contributed by atoms with E-state index in [2.05, 4.69) is 13.5 Å². The molecule has 0 bridgehead atoms. The summed E-state index contributed by atoms with van der Waals surface area (Å²) in [6, 6.07) is 0. The Balaban J connectivity index is 2.43. The zero-order chi connectivity index (χ0) is 4.36. The molecule has 2 atom stereocenters. The summed E-state index contributed by atoms with van der Waals surface area (Å²) in [5, 5.41) is 0. The summed E-state index contributed by atoms with van der Waals surface area (Å²) >= 11 is 0. The van der Waals surface area contributed by atoms with Crippen LogP contribution in [-0.4, -0.2) is 11.7 Å². The molecule has 2 unspecified atom stereocenters. The minimum Gasteiger partial charge on any atom is -0.357 e. The molecule has 1 heterocycles. The Morgan fingerprint density at radius 1 is 2.00 bits per heavy atom. The van der Waals surface area contributed by atoms with E-state index in [1.165, 1.54) is 5.57 Å². The molecule has 6 heavy (non-hydrogen) atoms. The van der Waals surface area contributed by atoms with Crippen molar-refractivity contribution >= 4 is 0 Å². The lowest BCUT2D eigenvalue weighted by molar-refractivity contribution is 0.292. The van der Waals surface area contributed by atoms with Gasteiger partial charge < -0.3 is 4.74 Å². The van der Waals surface area contributed by atoms with Gasteiger partial charge in [-0.15, -0.1) is 0 Å². The lowest BCUT2D eigenvalue weighted by Crippen LogP contribution is -1.86. The zero-order valence-electron chi connectivity index (χ0n) is 3.69. The molecule has 1 heteroatoms. The third kappa shape index (κ3) is 0.0967. The van der Waals surface area contributed by atoms with Gasteiger partial charge in [-0.05, 0) is 12.5 Å². The summed E-state index contributed by atoms with van der Waals surface area (Å²) in [4.78, 5) is 0. The lowest BCUT2D eigenvalue weighted by atomic mass is 10.4. The Hall–Kier alpha value is -0.300. The molecule has 2 aliphatic rings. The molecule has 1 aliphatic heterocycles. The predicted molar refractivity (Wildman–Crippen MR) is 22.4 cm³/mol. The maximum atomic E-state index is 5.01. The van der Waals surface area contributed by atoms with Crippen molar-refractivity contribution in [2.24, 2.45) is 0 Å². The molecule has 1 saturated carbocycles. The molecule has 0 spiro atoms. The van der Waals surface area contributed by atoms with E-state index in [0.717, 1.165) is 0 Å². The van der Waals surface area contributed by atoms with Crippen LogP contribution in [-0.2, 0) is 4.74 Å². The summed E-state index contributed by atoms with van der Waals surface area (Å²) in [5.41, 5.74) is 1.46. The summed E-state index contributed by atoms with van der Waals surface area (Å²) in [6.07, 6.45) is 0.470. The van der Waals surface area contributed by atoms with E-state index in [1.807, 2.05) is 0 Å². The van der Waals surface area contributed by atoms with Gasteiger partial charge in [-0.1, -0.05) is 6.58 Å². The number of fused-ring (bicyclic) bond motifs is 1. The van der Waals surface area contributed by atoms with Crippen molar-refractivity contribution < 1.29 is 4.74 Å². The van der Waals surface area contributed by atoms with Gasteiger partial charge in [0, 0.05) is 0 Å². The molecule has 0 amide bonds. The number of ether oxygens (including phenoxy) is 1. The molecule has 1 nitrogen and oxygen atoms in total. The standard InChI is InChI=1S/C5H6O/c1-3-4-5(3,2)6-4/h4H,1H2,2H3. The van der Waals surface area contributed by atoms with Crippen molar-refractivity contribution in [3.63, 3.8) is 0 Å². The van der Waals surface area contributed by atoms with Crippen LogP contribution in [0.5, 0.6) is 0 Å². The number of hydrogen-bond donors (Lipinski definition) is 0. The van der Waals surface area contributed by atoms with Crippen LogP contribution in [0.15, 0.2) is 12.2 Å². The number of rotatable bonds is 0. The Labute approximate surface area is 36.6 Å². The van der Waals surface area contributed by atoms with Gasteiger partial charge in [-0.2, -0.15) is 0 Å². The van der Waals surface area contributed by atoms with Crippen LogP contribution in [0.2, 0.25) is 0 Å². The fourth-order valence-electron chi connectivity index (χ4n) is 0.755. The highest BCUT2D eigenvalue weighted by Gasteiger charge is 2.74. The average molecular weight is 82.1 g/mol. The lowest BCUT2D eigenvalue weighted by Gasteiger charge is -1.86. The van der Waals surface area contributed by atoms with E-state index in [9.17, 15) is 0 Å². The fraction of sp³-hybridized carbons (Fsp3) is 0.600. The fourth-order valence-corrected chi connectivity index (χ4v) is 0.755. The Bertz CT molecular complexity index is 128. The van der Waals surface area contributed by atoms with Gasteiger partial charge in [-0.25, -0.2) is 0 Å². The zero-order valence-corrected chi connectivity index (χ0v) is 3.69. The summed E-state index contributed by atoms with van der Waals surface area (Å²) in [6.45, 7) is 5.81. The second-order valence-electron chi connectivity index (χ2n) is 2.13. The molecule has 0 aromatic rings. The summed E-state index contributed by atoms with van der Waals surface area (Å²) < 4.78 is 5.01. The van der Waals surface area contributed by atoms with Gasteiger partial charge in [0.15, 0.2) is 0 Å².